The lowest BCUT2D eigenvalue weighted by Crippen LogP contribution is -2.46. The largest absolute Gasteiger partial charge is 0.483 e. The van der Waals surface area contributed by atoms with E-state index in [-0.39, 0.29) is 42.1 Å². The Hall–Kier alpha value is -3.98. The van der Waals surface area contributed by atoms with Crippen molar-refractivity contribution >= 4 is 11.8 Å². The van der Waals surface area contributed by atoms with Crippen LogP contribution in [0.2, 0.25) is 0 Å². The van der Waals surface area contributed by atoms with Crippen molar-refractivity contribution in [3.05, 3.63) is 99.2 Å². The van der Waals surface area contributed by atoms with Gasteiger partial charge in [0.25, 0.3) is 11.8 Å². The number of carbonyl (C=O) groups is 2. The maximum Gasteiger partial charge on any atom is 0.276 e. The van der Waals surface area contributed by atoms with E-state index in [0.29, 0.717) is 13.0 Å². The van der Waals surface area contributed by atoms with Gasteiger partial charge in [-0.05, 0) is 23.3 Å². The normalized spacial score (nSPS) is 19.0. The number of pyridine rings is 1. The van der Waals surface area contributed by atoms with Crippen LogP contribution in [-0.2, 0) is 24.3 Å². The number of rotatable bonds is 6. The first kappa shape index (κ1) is 21.8. The summed E-state index contributed by atoms with van der Waals surface area (Å²) >= 11 is 0. The monoisotopic (exact) mass is 463 g/mol. The summed E-state index contributed by atoms with van der Waals surface area (Å²) in [5, 5.41) is 0. The molecule has 0 bridgehead atoms. The van der Waals surface area contributed by atoms with Crippen LogP contribution >= 0.6 is 0 Å². The number of amides is 2. The van der Waals surface area contributed by atoms with E-state index in [2.05, 4.69) is 0 Å². The number of nitrogens with zero attached hydrogens (tertiary/aromatic N) is 2. The number of benzene rings is 2. The molecule has 8 nitrogen and oxygen atoms in total. The van der Waals surface area contributed by atoms with Gasteiger partial charge in [-0.25, -0.2) is 4.39 Å². The standard InChI is InChI=1S/C25H22FN3O5/c26-17-8-6-15(7-9-17)10-18-11-29-20(34-18)13-28-12-19(24(27)31)22(30)23(21(28)25(29)32)33-14-16-4-2-1-3-5-16/h1-9,12,18,20H,10-11,13-14H2,(H2,27,31). The average Bonchev–Trinajstić information content (AvgIpc) is 3.23. The van der Waals surface area contributed by atoms with Crippen molar-refractivity contribution in [2.75, 3.05) is 6.54 Å². The number of halogens is 1. The van der Waals surface area contributed by atoms with E-state index in [1.54, 1.807) is 17.0 Å². The van der Waals surface area contributed by atoms with Crippen LogP contribution < -0.4 is 15.9 Å². The maximum atomic E-state index is 13.4. The Morgan fingerprint density at radius 3 is 2.50 bits per heavy atom. The van der Waals surface area contributed by atoms with Crippen LogP contribution in [0.5, 0.6) is 5.75 Å². The Labute approximate surface area is 194 Å². The van der Waals surface area contributed by atoms with Crippen LogP contribution in [0.4, 0.5) is 4.39 Å². The van der Waals surface area contributed by atoms with Gasteiger partial charge in [-0.3, -0.25) is 14.4 Å². The molecule has 1 saturated heterocycles. The van der Waals surface area contributed by atoms with Gasteiger partial charge in [0.2, 0.25) is 5.43 Å². The molecule has 0 saturated carbocycles. The lowest BCUT2D eigenvalue weighted by Gasteiger charge is -2.32. The topological polar surface area (TPSA) is 104 Å². The Kier molecular flexibility index (Phi) is 5.62. The number of primary amides is 1. The second-order valence-corrected chi connectivity index (χ2v) is 8.34. The highest BCUT2D eigenvalue weighted by Gasteiger charge is 2.43. The van der Waals surface area contributed by atoms with E-state index in [0.717, 1.165) is 11.1 Å². The third-order valence-corrected chi connectivity index (χ3v) is 6.02. The molecule has 2 aliphatic rings. The molecule has 0 aliphatic carbocycles. The second kappa shape index (κ2) is 8.75. The minimum absolute atomic E-state index is 0.0473. The molecule has 9 heteroatoms. The van der Waals surface area contributed by atoms with Crippen molar-refractivity contribution in [3.8, 4) is 5.75 Å². The molecule has 2 N–H and O–H groups in total. The van der Waals surface area contributed by atoms with E-state index in [4.69, 9.17) is 15.2 Å². The number of carbonyl (C=O) groups excluding carboxylic acids is 2. The molecule has 3 heterocycles. The molecule has 5 rings (SSSR count). The summed E-state index contributed by atoms with van der Waals surface area (Å²) in [4.78, 5) is 39.9. The second-order valence-electron chi connectivity index (χ2n) is 8.34. The molecule has 1 aromatic heterocycles. The van der Waals surface area contributed by atoms with Crippen LogP contribution in [0.3, 0.4) is 0 Å². The smallest absolute Gasteiger partial charge is 0.276 e. The molecule has 0 radical (unpaired) electrons. The Morgan fingerprint density at radius 1 is 1.06 bits per heavy atom. The summed E-state index contributed by atoms with van der Waals surface area (Å²) in [5.41, 5.74) is 6.20. The van der Waals surface area contributed by atoms with Gasteiger partial charge < -0.3 is 24.7 Å². The van der Waals surface area contributed by atoms with Gasteiger partial charge >= 0.3 is 0 Å². The van der Waals surface area contributed by atoms with Crippen molar-refractivity contribution in [1.29, 1.82) is 0 Å². The summed E-state index contributed by atoms with van der Waals surface area (Å²) in [7, 11) is 0. The number of aromatic nitrogens is 1. The van der Waals surface area contributed by atoms with E-state index < -0.39 is 23.5 Å². The zero-order valence-electron chi connectivity index (χ0n) is 18.1. The van der Waals surface area contributed by atoms with Gasteiger partial charge in [0.05, 0.1) is 19.2 Å². The molecule has 2 unspecified atom stereocenters. The first-order chi connectivity index (χ1) is 16.4. The Morgan fingerprint density at radius 2 is 1.79 bits per heavy atom. The first-order valence-corrected chi connectivity index (χ1v) is 10.9. The molecule has 0 spiro atoms. The minimum atomic E-state index is -0.902. The number of hydrogen-bond donors (Lipinski definition) is 1. The van der Waals surface area contributed by atoms with Gasteiger partial charge in [-0.2, -0.15) is 0 Å². The van der Waals surface area contributed by atoms with Gasteiger partial charge in [0.1, 0.15) is 18.0 Å². The van der Waals surface area contributed by atoms with Crippen LogP contribution in [-0.4, -0.2) is 40.2 Å². The summed E-state index contributed by atoms with van der Waals surface area (Å²) in [6.45, 7) is 0.569. The predicted molar refractivity (Wildman–Crippen MR) is 120 cm³/mol. The SMILES string of the molecule is NC(=O)c1cn2c(c(OCc3ccccc3)c1=O)C(=O)N1CC(Cc3ccc(F)cc3)OC1C2. The highest BCUT2D eigenvalue weighted by atomic mass is 19.1. The van der Waals surface area contributed by atoms with E-state index >= 15 is 0 Å². The highest BCUT2D eigenvalue weighted by molar-refractivity contribution is 5.99. The van der Waals surface area contributed by atoms with Gasteiger partial charge in [0.15, 0.2) is 17.7 Å². The first-order valence-electron chi connectivity index (χ1n) is 10.9. The highest BCUT2D eigenvalue weighted by Crippen LogP contribution is 2.30. The van der Waals surface area contributed by atoms with Crippen LogP contribution in [0.25, 0.3) is 0 Å². The van der Waals surface area contributed by atoms with Crippen LogP contribution in [0, 0.1) is 5.82 Å². The molecule has 2 aromatic carbocycles. The third kappa shape index (κ3) is 4.06. The zero-order valence-corrected chi connectivity index (χ0v) is 18.1. The molecule has 174 valence electrons. The fourth-order valence-corrected chi connectivity index (χ4v) is 4.37. The molecule has 2 atom stereocenters. The van der Waals surface area contributed by atoms with Gasteiger partial charge in [-0.15, -0.1) is 0 Å². The molecule has 2 aliphatic heterocycles. The number of hydrogen-bond acceptors (Lipinski definition) is 5. The molecular formula is C25H22FN3O5. The molecule has 3 aromatic rings. The summed E-state index contributed by atoms with van der Waals surface area (Å²) in [6, 6.07) is 15.3. The fourth-order valence-electron chi connectivity index (χ4n) is 4.37. The fraction of sp³-hybridized carbons (Fsp3) is 0.240. The van der Waals surface area contributed by atoms with E-state index in [9.17, 15) is 18.8 Å². The Balaban J connectivity index is 1.44. The van der Waals surface area contributed by atoms with Crippen molar-refractivity contribution in [2.45, 2.75) is 31.9 Å². The van der Waals surface area contributed by atoms with Crippen molar-refractivity contribution in [3.63, 3.8) is 0 Å². The minimum Gasteiger partial charge on any atom is -0.483 e. The summed E-state index contributed by atoms with van der Waals surface area (Å²) in [5.74, 6) is -1.85. The van der Waals surface area contributed by atoms with Crippen molar-refractivity contribution < 1.29 is 23.5 Å². The molecule has 34 heavy (non-hydrogen) atoms. The lowest BCUT2D eigenvalue weighted by molar-refractivity contribution is -0.0144. The van der Waals surface area contributed by atoms with E-state index in [1.165, 1.54) is 22.9 Å². The van der Waals surface area contributed by atoms with Crippen molar-refractivity contribution in [2.24, 2.45) is 5.73 Å². The number of fused-ring (bicyclic) bond motifs is 2. The number of ether oxygens (including phenoxy) is 2. The predicted octanol–water partition coefficient (Wildman–Crippen LogP) is 2.09. The Bertz CT molecular complexity index is 1310. The molecule has 1 fully saturated rings. The molecule has 2 amide bonds. The lowest BCUT2D eigenvalue weighted by atomic mass is 10.1. The number of nitrogens with two attached hydrogens (primary N) is 1. The maximum absolute atomic E-state index is 13.4. The van der Waals surface area contributed by atoms with Gasteiger partial charge in [-0.1, -0.05) is 42.5 Å². The van der Waals surface area contributed by atoms with Gasteiger partial charge in [0, 0.05) is 12.6 Å². The average molecular weight is 463 g/mol. The zero-order chi connectivity index (χ0) is 23.8. The van der Waals surface area contributed by atoms with E-state index in [1.807, 2.05) is 30.3 Å². The van der Waals surface area contributed by atoms with Crippen LogP contribution in [0.15, 0.2) is 65.6 Å². The summed E-state index contributed by atoms with van der Waals surface area (Å²) in [6.07, 6.45) is 0.917. The van der Waals surface area contributed by atoms with Crippen LogP contribution in [0.1, 0.15) is 32.0 Å². The quantitative estimate of drug-likeness (QED) is 0.603. The third-order valence-electron chi connectivity index (χ3n) is 6.02. The summed E-state index contributed by atoms with van der Waals surface area (Å²) < 4.78 is 26.6. The molecular weight excluding hydrogens is 441 g/mol. The van der Waals surface area contributed by atoms with Crippen molar-refractivity contribution in [1.82, 2.24) is 9.47 Å².